The molecule has 3 amide bonds. The van der Waals surface area contributed by atoms with Gasteiger partial charge in [-0.2, -0.15) is 5.10 Å². The number of hydrazone groups is 1. The van der Waals surface area contributed by atoms with Gasteiger partial charge in [-0.1, -0.05) is 6.07 Å². The normalized spacial score (nSPS) is 16.9. The molecule has 12 heteroatoms. The van der Waals surface area contributed by atoms with Gasteiger partial charge in [-0.3, -0.25) is 9.69 Å². The largest absolute Gasteiger partial charge is 0.497 e. The second kappa shape index (κ2) is 14.7. The second-order valence-corrected chi connectivity index (χ2v) is 9.90. The minimum atomic E-state index is -0.436. The summed E-state index contributed by atoms with van der Waals surface area (Å²) in [5, 5.41) is 9.12. The first-order chi connectivity index (χ1) is 20.4. The van der Waals surface area contributed by atoms with Gasteiger partial charge < -0.3 is 33.9 Å². The molecule has 2 aliphatic rings. The Bertz CT molecular complexity index is 1260. The van der Waals surface area contributed by atoms with E-state index in [1.54, 1.807) is 39.4 Å². The van der Waals surface area contributed by atoms with Crippen molar-refractivity contribution >= 4 is 17.6 Å². The van der Waals surface area contributed by atoms with E-state index >= 15 is 0 Å². The summed E-state index contributed by atoms with van der Waals surface area (Å²) in [6, 6.07) is 10.3. The van der Waals surface area contributed by atoms with Crippen molar-refractivity contribution in [2.24, 2.45) is 5.10 Å². The highest BCUT2D eigenvalue weighted by atomic mass is 16.5. The molecule has 1 fully saturated rings. The second-order valence-electron chi connectivity index (χ2n) is 9.90. The van der Waals surface area contributed by atoms with E-state index in [1.807, 2.05) is 37.3 Å². The first-order valence-electron chi connectivity index (χ1n) is 14.1. The average Bonchev–Trinajstić information content (AvgIpc) is 3.48. The molecule has 1 N–H and O–H groups in total. The van der Waals surface area contributed by atoms with Crippen LogP contribution < -0.4 is 24.3 Å². The summed E-state index contributed by atoms with van der Waals surface area (Å²) < 4.78 is 27.4. The Morgan fingerprint density at radius 1 is 0.976 bits per heavy atom. The lowest BCUT2D eigenvalue weighted by Crippen LogP contribution is -2.49. The Labute approximate surface area is 247 Å². The Balaban J connectivity index is 1.65. The number of nitrogens with one attached hydrogen (secondary N) is 1. The lowest BCUT2D eigenvalue weighted by atomic mass is 9.97. The van der Waals surface area contributed by atoms with Gasteiger partial charge in [0.05, 0.1) is 53.4 Å². The molecule has 0 spiro atoms. The molecule has 0 radical (unpaired) electrons. The topological polar surface area (TPSA) is 114 Å². The third kappa shape index (κ3) is 7.24. The molecule has 4 rings (SSSR count). The molecule has 1 saturated heterocycles. The monoisotopic (exact) mass is 583 g/mol. The van der Waals surface area contributed by atoms with Gasteiger partial charge in [-0.05, 0) is 36.8 Å². The van der Waals surface area contributed by atoms with Gasteiger partial charge in [-0.25, -0.2) is 9.80 Å². The molecule has 0 aliphatic carbocycles. The summed E-state index contributed by atoms with van der Waals surface area (Å²) in [5.41, 5.74) is 2.26. The SMILES string of the molecule is CCNC(=O)N(CCN1CCOCC1)CC(=O)N1N=C(c2ccc(OC)cc2OC)CC1c1ccc(OC)c(OC)c1. The van der Waals surface area contributed by atoms with Crippen LogP contribution >= 0.6 is 0 Å². The van der Waals surface area contributed by atoms with Crippen molar-refractivity contribution in [2.75, 3.05) is 80.9 Å². The van der Waals surface area contributed by atoms with Crippen molar-refractivity contribution in [3.05, 3.63) is 47.5 Å². The highest BCUT2D eigenvalue weighted by molar-refractivity contribution is 6.05. The molecule has 228 valence electrons. The maximum atomic E-state index is 14.0. The van der Waals surface area contributed by atoms with Crippen LogP contribution in [-0.2, 0) is 9.53 Å². The molecule has 0 bridgehead atoms. The van der Waals surface area contributed by atoms with Crippen LogP contribution in [0.4, 0.5) is 4.79 Å². The standard InChI is InChI=1S/C30H41N5O7/c1-6-31-30(37)34(12-11-33-13-15-42-16-14-33)20-29(36)35-25(21-7-10-26(39-3)28(17-21)41-5)19-24(32-35)23-9-8-22(38-2)18-27(23)40-4/h7-10,17-18,25H,6,11-16,19-20H2,1-5H3,(H,31,37). The summed E-state index contributed by atoms with van der Waals surface area (Å²) in [7, 11) is 6.32. The number of carbonyl (C=O) groups excluding carboxylic acids is 2. The van der Waals surface area contributed by atoms with Gasteiger partial charge in [-0.15, -0.1) is 0 Å². The zero-order chi connectivity index (χ0) is 30.1. The number of amides is 3. The van der Waals surface area contributed by atoms with Crippen molar-refractivity contribution in [3.8, 4) is 23.0 Å². The van der Waals surface area contributed by atoms with E-state index in [-0.39, 0.29) is 18.5 Å². The summed E-state index contributed by atoms with van der Waals surface area (Å²) >= 11 is 0. The first kappa shape index (κ1) is 30.9. The van der Waals surface area contributed by atoms with Crippen molar-refractivity contribution in [2.45, 2.75) is 19.4 Å². The van der Waals surface area contributed by atoms with Gasteiger partial charge in [0.1, 0.15) is 18.0 Å². The van der Waals surface area contributed by atoms with Crippen molar-refractivity contribution in [3.63, 3.8) is 0 Å². The molecular weight excluding hydrogens is 542 g/mol. The van der Waals surface area contributed by atoms with Gasteiger partial charge in [0.2, 0.25) is 0 Å². The maximum Gasteiger partial charge on any atom is 0.317 e. The van der Waals surface area contributed by atoms with E-state index in [4.69, 9.17) is 28.8 Å². The zero-order valence-corrected chi connectivity index (χ0v) is 25.1. The third-order valence-corrected chi connectivity index (χ3v) is 7.41. The quantitative estimate of drug-likeness (QED) is 0.406. The van der Waals surface area contributed by atoms with Crippen LogP contribution in [0.5, 0.6) is 23.0 Å². The lowest BCUT2D eigenvalue weighted by Gasteiger charge is -2.31. The van der Waals surface area contributed by atoms with Crippen LogP contribution in [-0.4, -0.2) is 113 Å². The predicted molar refractivity (Wildman–Crippen MR) is 158 cm³/mol. The number of ether oxygens (including phenoxy) is 5. The van der Waals surface area contributed by atoms with Crippen molar-refractivity contribution in [1.29, 1.82) is 0 Å². The number of hydrogen-bond donors (Lipinski definition) is 1. The predicted octanol–water partition coefficient (Wildman–Crippen LogP) is 2.76. The number of carbonyl (C=O) groups is 2. The third-order valence-electron chi connectivity index (χ3n) is 7.41. The molecule has 0 saturated carbocycles. The molecule has 1 unspecified atom stereocenters. The van der Waals surface area contributed by atoms with Gasteiger partial charge in [0.15, 0.2) is 11.5 Å². The first-order valence-corrected chi connectivity index (χ1v) is 14.1. The minimum Gasteiger partial charge on any atom is -0.497 e. The molecule has 42 heavy (non-hydrogen) atoms. The number of methoxy groups -OCH3 is 4. The molecule has 2 aromatic carbocycles. The summed E-state index contributed by atoms with van der Waals surface area (Å²) in [6.45, 7) is 6.13. The molecule has 1 atom stereocenters. The number of hydrogen-bond acceptors (Lipinski definition) is 9. The van der Waals surface area contributed by atoms with Gasteiger partial charge >= 0.3 is 6.03 Å². The Morgan fingerprint density at radius 3 is 2.38 bits per heavy atom. The molecule has 0 aromatic heterocycles. The van der Waals surface area contributed by atoms with Crippen LogP contribution in [0.3, 0.4) is 0 Å². The van der Waals surface area contributed by atoms with E-state index in [0.717, 1.165) is 24.2 Å². The fourth-order valence-corrected chi connectivity index (χ4v) is 5.10. The molecule has 2 aliphatic heterocycles. The fourth-order valence-electron chi connectivity index (χ4n) is 5.10. The Hall–Kier alpha value is -4.03. The Morgan fingerprint density at radius 2 is 1.71 bits per heavy atom. The van der Waals surface area contributed by atoms with E-state index in [2.05, 4.69) is 10.2 Å². The van der Waals surface area contributed by atoms with E-state index < -0.39 is 6.04 Å². The molecule has 2 heterocycles. The van der Waals surface area contributed by atoms with Crippen LogP contribution in [0.2, 0.25) is 0 Å². The minimum absolute atomic E-state index is 0.128. The number of benzene rings is 2. The number of rotatable bonds is 12. The van der Waals surface area contributed by atoms with Crippen LogP contribution in [0.25, 0.3) is 0 Å². The smallest absolute Gasteiger partial charge is 0.317 e. The number of nitrogens with zero attached hydrogens (tertiary/aromatic N) is 4. The summed E-state index contributed by atoms with van der Waals surface area (Å²) in [4.78, 5) is 30.8. The van der Waals surface area contributed by atoms with Gasteiger partial charge in [0.25, 0.3) is 5.91 Å². The summed E-state index contributed by atoms with van der Waals surface area (Å²) in [6.07, 6.45) is 0.429. The highest BCUT2D eigenvalue weighted by Crippen LogP contribution is 2.39. The molecular formula is C30H41N5O7. The fraction of sp³-hybridized carbons (Fsp3) is 0.500. The van der Waals surface area contributed by atoms with Gasteiger partial charge in [0, 0.05) is 50.8 Å². The number of urea groups is 1. The van der Waals surface area contributed by atoms with E-state index in [9.17, 15) is 9.59 Å². The van der Waals surface area contributed by atoms with Crippen LogP contribution in [0.15, 0.2) is 41.5 Å². The van der Waals surface area contributed by atoms with Crippen molar-refractivity contribution < 1.29 is 33.3 Å². The lowest BCUT2D eigenvalue weighted by molar-refractivity contribution is -0.133. The van der Waals surface area contributed by atoms with E-state index in [1.165, 1.54) is 5.01 Å². The maximum absolute atomic E-state index is 14.0. The molecule has 12 nitrogen and oxygen atoms in total. The van der Waals surface area contributed by atoms with Crippen LogP contribution in [0, 0.1) is 0 Å². The van der Waals surface area contributed by atoms with E-state index in [0.29, 0.717) is 68.0 Å². The zero-order valence-electron chi connectivity index (χ0n) is 25.1. The Kier molecular flexibility index (Phi) is 10.8. The summed E-state index contributed by atoms with van der Waals surface area (Å²) in [5.74, 6) is 2.07. The molecule has 2 aromatic rings. The van der Waals surface area contributed by atoms with Crippen molar-refractivity contribution in [1.82, 2.24) is 20.1 Å². The average molecular weight is 584 g/mol. The highest BCUT2D eigenvalue weighted by Gasteiger charge is 2.36. The van der Waals surface area contributed by atoms with Crippen LogP contribution in [0.1, 0.15) is 30.5 Å². The number of morpholine rings is 1.